The molecule has 118 valence electrons. The summed E-state index contributed by atoms with van der Waals surface area (Å²) in [7, 11) is 1.83. The molecule has 0 aliphatic rings. The van der Waals surface area contributed by atoms with Gasteiger partial charge >= 0.3 is 0 Å². The van der Waals surface area contributed by atoms with Crippen molar-refractivity contribution in [3.8, 4) is 5.75 Å². The number of amides is 1. The fourth-order valence-corrected chi connectivity index (χ4v) is 2.23. The first-order valence-corrected chi connectivity index (χ1v) is 7.47. The minimum atomic E-state index is -0.255. The summed E-state index contributed by atoms with van der Waals surface area (Å²) in [4.78, 5) is 12.3. The summed E-state index contributed by atoms with van der Waals surface area (Å²) in [5, 5.41) is 11.1. The van der Waals surface area contributed by atoms with Crippen molar-refractivity contribution in [3.63, 3.8) is 0 Å². The van der Waals surface area contributed by atoms with Crippen molar-refractivity contribution in [2.75, 3.05) is 6.61 Å². The molecule has 1 N–H and O–H groups in total. The molecular formula is C15H19ClN4O2. The van der Waals surface area contributed by atoms with Crippen molar-refractivity contribution in [3.05, 3.63) is 40.9 Å². The smallest absolute Gasteiger partial charge is 0.251 e. The number of aromatic nitrogens is 3. The third-order valence-electron chi connectivity index (χ3n) is 3.14. The van der Waals surface area contributed by atoms with Crippen LogP contribution in [0.25, 0.3) is 0 Å². The van der Waals surface area contributed by atoms with Gasteiger partial charge in [-0.1, -0.05) is 18.5 Å². The highest BCUT2D eigenvalue weighted by Gasteiger charge is 2.16. The number of hydrogen-bond donors (Lipinski definition) is 1. The van der Waals surface area contributed by atoms with Gasteiger partial charge in [-0.15, -0.1) is 10.2 Å². The molecule has 1 heterocycles. The number of ether oxygens (including phenoxy) is 1. The number of carbonyl (C=O) groups is 1. The summed E-state index contributed by atoms with van der Waals surface area (Å²) in [6.45, 7) is 4.46. The van der Waals surface area contributed by atoms with E-state index in [1.807, 2.05) is 20.9 Å². The first-order valence-electron chi connectivity index (χ1n) is 7.10. The maximum atomic E-state index is 12.3. The van der Waals surface area contributed by atoms with Gasteiger partial charge in [-0.3, -0.25) is 4.79 Å². The molecule has 0 saturated carbocycles. The molecule has 7 heteroatoms. The molecule has 0 saturated heterocycles. The standard InChI is InChI=1S/C15H19ClN4O2/c1-4-7-22-13-6-5-11(8-12(13)16)15(21)18-10(2)14-19-17-9-20(14)3/h5-6,8-10H,4,7H2,1-3H3,(H,18,21)/t10-/m1/s1. The predicted octanol–water partition coefficient (Wildman–Crippen LogP) is 2.75. The number of aryl methyl sites for hydroxylation is 1. The van der Waals surface area contributed by atoms with Crippen LogP contribution in [0.3, 0.4) is 0 Å². The van der Waals surface area contributed by atoms with Crippen molar-refractivity contribution in [2.24, 2.45) is 7.05 Å². The van der Waals surface area contributed by atoms with E-state index in [0.717, 1.165) is 6.42 Å². The van der Waals surface area contributed by atoms with E-state index in [2.05, 4.69) is 15.5 Å². The zero-order chi connectivity index (χ0) is 16.1. The van der Waals surface area contributed by atoms with E-state index < -0.39 is 0 Å². The van der Waals surface area contributed by atoms with Crippen LogP contribution in [0.2, 0.25) is 5.02 Å². The maximum absolute atomic E-state index is 12.3. The minimum absolute atomic E-state index is 0.223. The van der Waals surface area contributed by atoms with E-state index in [4.69, 9.17) is 16.3 Å². The molecule has 22 heavy (non-hydrogen) atoms. The van der Waals surface area contributed by atoms with Gasteiger partial charge < -0.3 is 14.6 Å². The highest BCUT2D eigenvalue weighted by Crippen LogP contribution is 2.25. The second-order valence-corrected chi connectivity index (χ2v) is 5.40. The Balaban J connectivity index is 2.06. The number of rotatable bonds is 6. The highest BCUT2D eigenvalue weighted by atomic mass is 35.5. The molecule has 1 aromatic carbocycles. The van der Waals surface area contributed by atoms with Crippen LogP contribution in [0.4, 0.5) is 0 Å². The number of hydrogen-bond acceptors (Lipinski definition) is 4. The Morgan fingerprint density at radius 2 is 2.27 bits per heavy atom. The minimum Gasteiger partial charge on any atom is -0.492 e. The fourth-order valence-electron chi connectivity index (χ4n) is 2.00. The fraction of sp³-hybridized carbons (Fsp3) is 0.400. The topological polar surface area (TPSA) is 69.0 Å². The molecule has 0 fully saturated rings. The van der Waals surface area contributed by atoms with Gasteiger partial charge in [0.15, 0.2) is 5.82 Å². The first-order chi connectivity index (χ1) is 10.5. The summed E-state index contributed by atoms with van der Waals surface area (Å²) < 4.78 is 7.25. The van der Waals surface area contributed by atoms with Gasteiger partial charge in [0.2, 0.25) is 0 Å². The van der Waals surface area contributed by atoms with Gasteiger partial charge in [-0.25, -0.2) is 0 Å². The van der Waals surface area contributed by atoms with Crippen LogP contribution in [0.15, 0.2) is 24.5 Å². The summed E-state index contributed by atoms with van der Waals surface area (Å²) in [6, 6.07) is 4.75. The molecule has 0 aliphatic carbocycles. The zero-order valence-electron chi connectivity index (χ0n) is 12.8. The van der Waals surface area contributed by atoms with Gasteiger partial charge in [-0.05, 0) is 31.5 Å². The summed E-state index contributed by atoms with van der Waals surface area (Å²) in [6.07, 6.45) is 2.49. The van der Waals surface area contributed by atoms with E-state index in [0.29, 0.717) is 28.8 Å². The van der Waals surface area contributed by atoms with E-state index in [1.54, 1.807) is 29.1 Å². The number of nitrogens with zero attached hydrogens (tertiary/aromatic N) is 3. The molecule has 0 bridgehead atoms. The normalized spacial score (nSPS) is 12.0. The highest BCUT2D eigenvalue weighted by molar-refractivity contribution is 6.32. The number of carbonyl (C=O) groups excluding carboxylic acids is 1. The SMILES string of the molecule is CCCOc1ccc(C(=O)N[C@H](C)c2nncn2C)cc1Cl. The van der Waals surface area contributed by atoms with Crippen molar-refractivity contribution in [1.29, 1.82) is 0 Å². The van der Waals surface area contributed by atoms with Gasteiger partial charge in [-0.2, -0.15) is 0 Å². The molecule has 1 atom stereocenters. The Morgan fingerprint density at radius 1 is 1.50 bits per heavy atom. The molecule has 0 unspecified atom stereocenters. The predicted molar refractivity (Wildman–Crippen MR) is 84.1 cm³/mol. The summed E-state index contributed by atoms with van der Waals surface area (Å²) in [5.41, 5.74) is 0.475. The lowest BCUT2D eigenvalue weighted by atomic mass is 10.2. The number of benzene rings is 1. The number of halogens is 1. The first kappa shape index (κ1) is 16.3. The van der Waals surface area contributed by atoms with Gasteiger partial charge in [0, 0.05) is 12.6 Å². The van der Waals surface area contributed by atoms with Crippen molar-refractivity contribution < 1.29 is 9.53 Å². The van der Waals surface area contributed by atoms with E-state index >= 15 is 0 Å². The molecule has 1 amide bonds. The lowest BCUT2D eigenvalue weighted by molar-refractivity contribution is 0.0937. The zero-order valence-corrected chi connectivity index (χ0v) is 13.6. The van der Waals surface area contributed by atoms with Gasteiger partial charge in [0.05, 0.1) is 17.7 Å². The molecular weight excluding hydrogens is 304 g/mol. The van der Waals surface area contributed by atoms with Gasteiger partial charge in [0.1, 0.15) is 12.1 Å². The summed E-state index contributed by atoms with van der Waals surface area (Å²) >= 11 is 6.14. The monoisotopic (exact) mass is 322 g/mol. The molecule has 6 nitrogen and oxygen atoms in total. The quantitative estimate of drug-likeness (QED) is 0.888. The molecule has 0 spiro atoms. The Morgan fingerprint density at radius 3 is 2.86 bits per heavy atom. The van der Waals surface area contributed by atoms with Crippen LogP contribution in [-0.2, 0) is 7.05 Å². The third kappa shape index (κ3) is 3.76. The largest absolute Gasteiger partial charge is 0.492 e. The Hall–Kier alpha value is -2.08. The van der Waals surface area contributed by atoms with Crippen LogP contribution in [0.1, 0.15) is 42.5 Å². The van der Waals surface area contributed by atoms with E-state index in [9.17, 15) is 4.79 Å². The summed E-state index contributed by atoms with van der Waals surface area (Å²) in [5.74, 6) is 1.04. The Labute approximate surface area is 134 Å². The third-order valence-corrected chi connectivity index (χ3v) is 3.43. The van der Waals surface area contributed by atoms with E-state index in [1.165, 1.54) is 0 Å². The molecule has 2 aromatic rings. The Kier molecular flexibility index (Phi) is 5.38. The number of nitrogens with one attached hydrogen (secondary N) is 1. The van der Waals surface area contributed by atoms with E-state index in [-0.39, 0.29) is 11.9 Å². The van der Waals surface area contributed by atoms with Gasteiger partial charge in [0.25, 0.3) is 5.91 Å². The van der Waals surface area contributed by atoms with Crippen LogP contribution in [0.5, 0.6) is 5.75 Å². The average Bonchev–Trinajstić information content (AvgIpc) is 2.92. The maximum Gasteiger partial charge on any atom is 0.251 e. The Bertz CT molecular complexity index is 657. The molecule has 0 radical (unpaired) electrons. The van der Waals surface area contributed by atoms with Crippen LogP contribution >= 0.6 is 11.6 Å². The lowest BCUT2D eigenvalue weighted by Crippen LogP contribution is -2.28. The molecule has 1 aromatic heterocycles. The second-order valence-electron chi connectivity index (χ2n) is 4.99. The second kappa shape index (κ2) is 7.26. The van der Waals surface area contributed by atoms with Crippen LogP contribution in [-0.4, -0.2) is 27.3 Å². The average molecular weight is 323 g/mol. The van der Waals surface area contributed by atoms with Crippen molar-refractivity contribution in [2.45, 2.75) is 26.3 Å². The van der Waals surface area contributed by atoms with Crippen LogP contribution in [0, 0.1) is 0 Å². The van der Waals surface area contributed by atoms with Crippen molar-refractivity contribution in [1.82, 2.24) is 20.1 Å². The molecule has 2 rings (SSSR count). The lowest BCUT2D eigenvalue weighted by Gasteiger charge is -2.14. The van der Waals surface area contributed by atoms with Crippen molar-refractivity contribution >= 4 is 17.5 Å². The van der Waals surface area contributed by atoms with Crippen LogP contribution < -0.4 is 10.1 Å². The molecule has 0 aliphatic heterocycles.